The number of hydrogen-bond donors (Lipinski definition) is 1. The van der Waals surface area contributed by atoms with Crippen molar-refractivity contribution in [1.82, 2.24) is 0 Å². The van der Waals surface area contributed by atoms with Crippen LogP contribution in [0, 0.1) is 11.3 Å². The first-order valence-corrected chi connectivity index (χ1v) is 6.24. The molecule has 0 bridgehead atoms. The Morgan fingerprint density at radius 1 is 1.13 bits per heavy atom. The predicted molar refractivity (Wildman–Crippen MR) is 62.9 cm³/mol. The molecule has 0 atom stereocenters. The molecule has 0 heterocycles. The molecule has 1 saturated carbocycles. The van der Waals surface area contributed by atoms with E-state index in [0.29, 0.717) is 18.1 Å². The van der Waals surface area contributed by atoms with Gasteiger partial charge in [0.2, 0.25) is 0 Å². The van der Waals surface area contributed by atoms with Crippen molar-refractivity contribution in [1.29, 1.82) is 0 Å². The summed E-state index contributed by atoms with van der Waals surface area (Å²) in [6.45, 7) is 7.63. The zero-order valence-corrected chi connectivity index (χ0v) is 10.5. The van der Waals surface area contributed by atoms with E-state index in [1.54, 1.807) is 0 Å². The molecule has 2 nitrogen and oxygen atoms in total. The number of ether oxygens (including phenoxy) is 1. The van der Waals surface area contributed by atoms with Crippen LogP contribution in [0.15, 0.2) is 0 Å². The molecule has 0 unspecified atom stereocenters. The molecule has 1 fully saturated rings. The summed E-state index contributed by atoms with van der Waals surface area (Å²) < 4.78 is 5.56. The van der Waals surface area contributed by atoms with Crippen LogP contribution in [0.2, 0.25) is 0 Å². The van der Waals surface area contributed by atoms with E-state index in [9.17, 15) is 0 Å². The van der Waals surface area contributed by atoms with Crippen LogP contribution in [0.5, 0.6) is 0 Å². The van der Waals surface area contributed by atoms with Crippen molar-refractivity contribution in [2.24, 2.45) is 11.3 Å². The molecule has 0 aromatic rings. The first kappa shape index (κ1) is 13.0. The summed E-state index contributed by atoms with van der Waals surface area (Å²) >= 11 is 0. The maximum atomic E-state index is 8.68. The molecule has 15 heavy (non-hydrogen) atoms. The van der Waals surface area contributed by atoms with Crippen LogP contribution >= 0.6 is 0 Å². The molecule has 0 amide bonds. The molecule has 1 N–H and O–H groups in total. The zero-order chi connectivity index (χ0) is 11.3. The quantitative estimate of drug-likeness (QED) is 0.779. The van der Waals surface area contributed by atoms with Gasteiger partial charge in [-0.1, -0.05) is 20.8 Å². The largest absolute Gasteiger partial charge is 0.394 e. The highest BCUT2D eigenvalue weighted by molar-refractivity contribution is 4.76. The van der Waals surface area contributed by atoms with Crippen LogP contribution < -0.4 is 0 Å². The van der Waals surface area contributed by atoms with Gasteiger partial charge in [0.15, 0.2) is 0 Å². The van der Waals surface area contributed by atoms with Crippen LogP contribution in [0.1, 0.15) is 52.9 Å². The Labute approximate surface area is 94.0 Å². The van der Waals surface area contributed by atoms with Crippen molar-refractivity contribution in [3.63, 3.8) is 0 Å². The summed E-state index contributed by atoms with van der Waals surface area (Å²) in [5.41, 5.74) is 0.462. The summed E-state index contributed by atoms with van der Waals surface area (Å²) in [6.07, 6.45) is 6.70. The summed E-state index contributed by atoms with van der Waals surface area (Å²) in [5, 5.41) is 8.68. The van der Waals surface area contributed by atoms with E-state index in [1.807, 2.05) is 0 Å². The number of rotatable bonds is 4. The van der Waals surface area contributed by atoms with Gasteiger partial charge in [-0.15, -0.1) is 0 Å². The second-order valence-electron chi connectivity index (χ2n) is 6.00. The highest BCUT2D eigenvalue weighted by atomic mass is 16.5. The number of aliphatic hydroxyl groups is 1. The standard InChI is InChI=1S/C13H26O2/c1-13(2,3)10-11-4-6-12(7-5-11)15-9-8-14/h11-12,14H,4-10H2,1-3H3. The van der Waals surface area contributed by atoms with E-state index in [-0.39, 0.29) is 6.61 Å². The molecular formula is C13H26O2. The van der Waals surface area contributed by atoms with Crippen LogP contribution in [-0.2, 0) is 4.74 Å². The highest BCUT2D eigenvalue weighted by Gasteiger charge is 2.25. The Bertz CT molecular complexity index is 164. The van der Waals surface area contributed by atoms with E-state index >= 15 is 0 Å². The molecular weight excluding hydrogens is 188 g/mol. The topological polar surface area (TPSA) is 29.5 Å². The summed E-state index contributed by atoms with van der Waals surface area (Å²) in [7, 11) is 0. The van der Waals surface area contributed by atoms with E-state index < -0.39 is 0 Å². The minimum absolute atomic E-state index is 0.155. The lowest BCUT2D eigenvalue weighted by Gasteiger charge is -2.32. The van der Waals surface area contributed by atoms with Gasteiger partial charge in [0.05, 0.1) is 19.3 Å². The molecule has 0 aromatic heterocycles. The molecule has 0 aliphatic heterocycles. The van der Waals surface area contributed by atoms with Crippen molar-refractivity contribution < 1.29 is 9.84 Å². The molecule has 0 radical (unpaired) electrons. The number of hydrogen-bond acceptors (Lipinski definition) is 2. The maximum absolute atomic E-state index is 8.68. The molecule has 0 saturated heterocycles. The third-order valence-electron chi connectivity index (χ3n) is 3.14. The van der Waals surface area contributed by atoms with E-state index in [2.05, 4.69) is 20.8 Å². The Morgan fingerprint density at radius 2 is 1.73 bits per heavy atom. The first-order valence-electron chi connectivity index (χ1n) is 6.24. The SMILES string of the molecule is CC(C)(C)CC1CCC(OCCO)CC1. The van der Waals surface area contributed by atoms with Crippen LogP contribution in [0.4, 0.5) is 0 Å². The van der Waals surface area contributed by atoms with E-state index in [1.165, 1.54) is 32.1 Å². The average Bonchev–Trinajstić information content (AvgIpc) is 2.14. The third kappa shape index (κ3) is 5.53. The lowest BCUT2D eigenvalue weighted by atomic mass is 9.77. The zero-order valence-electron chi connectivity index (χ0n) is 10.5. The van der Waals surface area contributed by atoms with Crippen LogP contribution in [-0.4, -0.2) is 24.4 Å². The van der Waals surface area contributed by atoms with Crippen LogP contribution in [0.3, 0.4) is 0 Å². The molecule has 2 heteroatoms. The smallest absolute Gasteiger partial charge is 0.0701 e. The molecule has 90 valence electrons. The lowest BCUT2D eigenvalue weighted by molar-refractivity contribution is -0.00277. The summed E-state index contributed by atoms with van der Waals surface area (Å²) in [5.74, 6) is 0.888. The van der Waals surface area contributed by atoms with Gasteiger partial charge in [-0.3, -0.25) is 0 Å². The predicted octanol–water partition coefficient (Wildman–Crippen LogP) is 2.99. The molecule has 1 aliphatic carbocycles. The lowest BCUT2D eigenvalue weighted by Crippen LogP contribution is -2.25. The van der Waals surface area contributed by atoms with Gasteiger partial charge >= 0.3 is 0 Å². The van der Waals surface area contributed by atoms with Gasteiger partial charge in [0.1, 0.15) is 0 Å². The van der Waals surface area contributed by atoms with Crippen LogP contribution in [0.25, 0.3) is 0 Å². The van der Waals surface area contributed by atoms with Gasteiger partial charge in [0.25, 0.3) is 0 Å². The van der Waals surface area contributed by atoms with Gasteiger partial charge in [-0.05, 0) is 43.4 Å². The van der Waals surface area contributed by atoms with Crippen molar-refractivity contribution in [2.75, 3.05) is 13.2 Å². The molecule has 0 spiro atoms. The van der Waals surface area contributed by atoms with Gasteiger partial charge in [0, 0.05) is 0 Å². The first-order chi connectivity index (χ1) is 7.01. The minimum Gasteiger partial charge on any atom is -0.394 e. The average molecular weight is 214 g/mol. The number of aliphatic hydroxyl groups excluding tert-OH is 1. The highest BCUT2D eigenvalue weighted by Crippen LogP contribution is 2.34. The minimum atomic E-state index is 0.155. The Kier molecular flexibility index (Phi) is 5.07. The van der Waals surface area contributed by atoms with Crippen molar-refractivity contribution in [3.05, 3.63) is 0 Å². The third-order valence-corrected chi connectivity index (χ3v) is 3.14. The Hall–Kier alpha value is -0.0800. The van der Waals surface area contributed by atoms with E-state index in [4.69, 9.17) is 9.84 Å². The van der Waals surface area contributed by atoms with Gasteiger partial charge < -0.3 is 9.84 Å². The molecule has 1 aliphatic rings. The Morgan fingerprint density at radius 3 is 2.20 bits per heavy atom. The van der Waals surface area contributed by atoms with Crippen molar-refractivity contribution >= 4 is 0 Å². The van der Waals surface area contributed by atoms with Crippen molar-refractivity contribution in [3.8, 4) is 0 Å². The fourth-order valence-electron chi connectivity index (χ4n) is 2.59. The maximum Gasteiger partial charge on any atom is 0.0701 e. The van der Waals surface area contributed by atoms with E-state index in [0.717, 1.165) is 5.92 Å². The van der Waals surface area contributed by atoms with Gasteiger partial charge in [-0.2, -0.15) is 0 Å². The molecule has 1 rings (SSSR count). The second kappa shape index (κ2) is 5.86. The Balaban J connectivity index is 2.18. The van der Waals surface area contributed by atoms with Gasteiger partial charge in [-0.25, -0.2) is 0 Å². The second-order valence-corrected chi connectivity index (χ2v) is 6.00. The molecule has 0 aromatic carbocycles. The fraction of sp³-hybridized carbons (Fsp3) is 1.00. The monoisotopic (exact) mass is 214 g/mol. The summed E-state index contributed by atoms with van der Waals surface area (Å²) in [6, 6.07) is 0. The van der Waals surface area contributed by atoms with Crippen molar-refractivity contribution in [2.45, 2.75) is 59.0 Å². The normalized spacial score (nSPS) is 28.0. The fourth-order valence-corrected chi connectivity index (χ4v) is 2.59. The summed E-state index contributed by atoms with van der Waals surface area (Å²) in [4.78, 5) is 0.